The number of carbonyl (C=O) groups excluding carboxylic acids is 2. The maximum absolute atomic E-state index is 11.8. The van der Waals surface area contributed by atoms with Gasteiger partial charge in [-0.1, -0.05) is 0 Å². The van der Waals surface area contributed by atoms with Crippen molar-refractivity contribution in [3.63, 3.8) is 0 Å². The summed E-state index contributed by atoms with van der Waals surface area (Å²) in [6, 6.07) is 5.09. The molecular weight excluding hydrogens is 287 g/mol. The minimum absolute atomic E-state index is 0.348. The Balaban J connectivity index is 2.38. The molecule has 1 heterocycles. The van der Waals surface area contributed by atoms with E-state index in [1.807, 2.05) is 0 Å². The van der Waals surface area contributed by atoms with Crippen LogP contribution >= 0.6 is 11.3 Å². The van der Waals surface area contributed by atoms with Crippen molar-refractivity contribution in [1.29, 1.82) is 0 Å². The van der Waals surface area contributed by atoms with Gasteiger partial charge in [-0.2, -0.15) is 0 Å². The molecule has 0 saturated heterocycles. The van der Waals surface area contributed by atoms with Crippen molar-refractivity contribution in [2.24, 2.45) is 0 Å². The maximum Gasteiger partial charge on any atom is 0.356 e. The van der Waals surface area contributed by atoms with E-state index in [2.05, 4.69) is 4.94 Å². The predicted octanol–water partition coefficient (Wildman–Crippen LogP) is 2.92. The minimum atomic E-state index is -1.21. The van der Waals surface area contributed by atoms with Crippen LogP contribution in [0.25, 0.3) is 10.1 Å². The summed E-state index contributed by atoms with van der Waals surface area (Å²) in [5.74, 6) is -0.613. The van der Waals surface area contributed by atoms with Gasteiger partial charge in [0.2, 0.25) is 0 Å². The highest BCUT2D eigenvalue weighted by atomic mass is 32.1. The molecule has 2 rings (SSSR count). The first-order valence-corrected chi connectivity index (χ1v) is 6.41. The van der Waals surface area contributed by atoms with Crippen LogP contribution in [0.2, 0.25) is 0 Å². The molecule has 0 aliphatic carbocycles. The van der Waals surface area contributed by atoms with Crippen molar-refractivity contribution >= 4 is 33.2 Å². The Bertz CT molecular complexity index is 623. The van der Waals surface area contributed by atoms with Gasteiger partial charge in [-0.05, 0) is 17.5 Å². The van der Waals surface area contributed by atoms with Crippen LogP contribution in [0, 0.1) is 0 Å². The second-order valence-corrected chi connectivity index (χ2v) is 4.99. The molecular formula is C13H11FO5S. The second-order valence-electron chi connectivity index (χ2n) is 3.90. The quantitative estimate of drug-likeness (QED) is 0.627. The summed E-state index contributed by atoms with van der Waals surface area (Å²) in [5.41, 5.74) is 0. The van der Waals surface area contributed by atoms with Crippen LogP contribution in [0.4, 0.5) is 4.53 Å². The van der Waals surface area contributed by atoms with E-state index < -0.39 is 18.2 Å². The lowest BCUT2D eigenvalue weighted by Crippen LogP contribution is -2.06. The van der Waals surface area contributed by atoms with E-state index in [1.54, 1.807) is 18.2 Å². The highest BCUT2D eigenvalue weighted by molar-refractivity contribution is 7.20. The molecule has 1 aromatic carbocycles. The van der Waals surface area contributed by atoms with E-state index in [9.17, 15) is 14.1 Å². The Labute approximate surface area is 117 Å². The molecule has 0 N–H and O–H groups in total. The standard InChI is InChI=1S/C13H11FO5S/c1-17-9-3-7-4-12(8(15)5-13(16)19-14)20-11(7)6-10(9)18-2/h3-4,6H,5H2,1-2H3. The first-order chi connectivity index (χ1) is 9.58. The van der Waals surface area contributed by atoms with Gasteiger partial charge in [-0.3, -0.25) is 9.74 Å². The number of rotatable bonds is 5. The minimum Gasteiger partial charge on any atom is -0.493 e. The number of ketones is 1. The SMILES string of the molecule is COc1cc2cc(C(=O)CC(=O)OF)sc2cc1OC. The van der Waals surface area contributed by atoms with Crippen molar-refractivity contribution in [1.82, 2.24) is 0 Å². The number of ether oxygens (including phenoxy) is 2. The third kappa shape index (κ3) is 2.72. The summed E-state index contributed by atoms with van der Waals surface area (Å²) in [6.45, 7) is 0. The van der Waals surface area contributed by atoms with Crippen molar-refractivity contribution in [3.05, 3.63) is 23.1 Å². The zero-order valence-electron chi connectivity index (χ0n) is 10.8. The molecule has 0 unspecified atom stereocenters. The van der Waals surface area contributed by atoms with Gasteiger partial charge in [0.05, 0.1) is 19.1 Å². The lowest BCUT2D eigenvalue weighted by Gasteiger charge is -2.06. The van der Waals surface area contributed by atoms with Gasteiger partial charge < -0.3 is 9.47 Å². The van der Waals surface area contributed by atoms with Gasteiger partial charge in [0.1, 0.15) is 6.42 Å². The third-order valence-electron chi connectivity index (χ3n) is 2.69. The molecule has 1 aromatic heterocycles. The first kappa shape index (κ1) is 14.3. The van der Waals surface area contributed by atoms with Gasteiger partial charge in [-0.15, -0.1) is 11.3 Å². The number of methoxy groups -OCH3 is 2. The smallest absolute Gasteiger partial charge is 0.356 e. The van der Waals surface area contributed by atoms with Gasteiger partial charge >= 0.3 is 5.97 Å². The molecule has 20 heavy (non-hydrogen) atoms. The lowest BCUT2D eigenvalue weighted by molar-refractivity contribution is -0.182. The fraction of sp³-hybridized carbons (Fsp3) is 0.231. The molecule has 7 heteroatoms. The van der Waals surface area contributed by atoms with E-state index in [1.165, 1.54) is 25.6 Å². The Kier molecular flexibility index (Phi) is 4.19. The third-order valence-corrected chi connectivity index (χ3v) is 3.83. The number of hydrogen-bond donors (Lipinski definition) is 0. The van der Waals surface area contributed by atoms with Crippen LogP contribution < -0.4 is 9.47 Å². The van der Waals surface area contributed by atoms with Crippen LogP contribution in [0.5, 0.6) is 11.5 Å². The summed E-state index contributed by atoms with van der Waals surface area (Å²) in [6.07, 6.45) is -0.627. The normalized spacial score (nSPS) is 10.3. The lowest BCUT2D eigenvalue weighted by atomic mass is 10.2. The number of benzene rings is 1. The van der Waals surface area contributed by atoms with Crippen LogP contribution in [0.3, 0.4) is 0 Å². The molecule has 0 spiro atoms. The number of fused-ring (bicyclic) bond motifs is 1. The molecule has 0 saturated carbocycles. The molecule has 0 amide bonds. The largest absolute Gasteiger partial charge is 0.493 e. The van der Waals surface area contributed by atoms with E-state index in [0.717, 1.165) is 10.1 Å². The molecule has 0 radical (unpaired) electrons. The molecule has 106 valence electrons. The maximum atomic E-state index is 11.8. The molecule has 5 nitrogen and oxygen atoms in total. The molecule has 0 aliphatic heterocycles. The molecule has 0 atom stereocenters. The second kappa shape index (κ2) is 5.87. The monoisotopic (exact) mass is 298 g/mol. The van der Waals surface area contributed by atoms with Crippen molar-refractivity contribution in [2.45, 2.75) is 6.42 Å². The van der Waals surface area contributed by atoms with Crippen molar-refractivity contribution in [3.8, 4) is 11.5 Å². The number of hydrogen-bond acceptors (Lipinski definition) is 6. The number of Topliss-reactive ketones (excluding diaryl/α,β-unsaturated/α-hetero) is 1. The Morgan fingerprint density at radius 2 is 1.80 bits per heavy atom. The van der Waals surface area contributed by atoms with E-state index in [0.29, 0.717) is 16.4 Å². The Morgan fingerprint density at radius 3 is 2.40 bits per heavy atom. The Morgan fingerprint density at radius 1 is 1.15 bits per heavy atom. The Hall–Kier alpha value is -2.15. The summed E-state index contributed by atoms with van der Waals surface area (Å²) in [5, 5.41) is 0.782. The van der Waals surface area contributed by atoms with E-state index in [4.69, 9.17) is 9.47 Å². The molecule has 0 aliphatic rings. The number of halogens is 1. The number of carbonyl (C=O) groups is 2. The number of thiophene rings is 1. The highest BCUT2D eigenvalue weighted by Gasteiger charge is 2.17. The zero-order valence-corrected chi connectivity index (χ0v) is 11.6. The van der Waals surface area contributed by atoms with E-state index >= 15 is 0 Å². The fourth-order valence-corrected chi connectivity index (χ4v) is 2.76. The van der Waals surface area contributed by atoms with Gasteiger partial charge in [0.25, 0.3) is 0 Å². The van der Waals surface area contributed by atoms with Crippen LogP contribution in [-0.2, 0) is 9.74 Å². The van der Waals surface area contributed by atoms with Crippen molar-refractivity contribution in [2.75, 3.05) is 14.2 Å². The van der Waals surface area contributed by atoms with Crippen LogP contribution in [0.15, 0.2) is 18.2 Å². The molecule has 2 aromatic rings. The van der Waals surface area contributed by atoms with Crippen molar-refractivity contribution < 1.29 is 28.5 Å². The van der Waals surface area contributed by atoms with Crippen LogP contribution in [-0.4, -0.2) is 26.0 Å². The summed E-state index contributed by atoms with van der Waals surface area (Å²) in [7, 11) is 3.03. The molecule has 0 fully saturated rings. The van der Waals surface area contributed by atoms with Gasteiger partial charge in [-0.25, -0.2) is 4.79 Å². The zero-order chi connectivity index (χ0) is 14.7. The summed E-state index contributed by atoms with van der Waals surface area (Å²) < 4.78 is 22.8. The summed E-state index contributed by atoms with van der Waals surface area (Å²) >= 11 is 1.19. The average molecular weight is 298 g/mol. The predicted molar refractivity (Wildman–Crippen MR) is 71.1 cm³/mol. The van der Waals surface area contributed by atoms with Crippen LogP contribution in [0.1, 0.15) is 16.1 Å². The molecule has 0 bridgehead atoms. The first-order valence-electron chi connectivity index (χ1n) is 5.59. The van der Waals surface area contributed by atoms with E-state index in [-0.39, 0.29) is 0 Å². The fourth-order valence-electron chi connectivity index (χ4n) is 1.75. The highest BCUT2D eigenvalue weighted by Crippen LogP contribution is 2.36. The van der Waals surface area contributed by atoms with Gasteiger partial charge in [0.15, 0.2) is 17.3 Å². The topological polar surface area (TPSA) is 61.8 Å². The van der Waals surface area contributed by atoms with Gasteiger partial charge in [0, 0.05) is 15.3 Å². The average Bonchev–Trinajstić information content (AvgIpc) is 2.88. The summed E-state index contributed by atoms with van der Waals surface area (Å²) in [4.78, 5) is 25.9.